The first-order valence-electron chi connectivity index (χ1n) is 13.6. The molecular formula is C30H37F3O2. The Hall–Kier alpha value is -2.01. The first-order chi connectivity index (χ1) is 17.0. The van der Waals surface area contributed by atoms with Gasteiger partial charge in [0.2, 0.25) is 5.82 Å². The maximum atomic E-state index is 15.6. The molecule has 190 valence electrons. The van der Waals surface area contributed by atoms with Crippen LogP contribution in [0, 0.1) is 23.4 Å². The Morgan fingerprint density at radius 1 is 0.743 bits per heavy atom. The molecule has 1 saturated carbocycles. The molecule has 2 nitrogen and oxygen atoms in total. The highest BCUT2D eigenvalue weighted by Gasteiger charge is 2.33. The normalized spacial score (nSPS) is 26.1. The molecule has 5 heteroatoms. The zero-order valence-corrected chi connectivity index (χ0v) is 21.0. The van der Waals surface area contributed by atoms with Crippen LogP contribution in [0.3, 0.4) is 0 Å². The third-order valence-electron chi connectivity index (χ3n) is 8.46. The Morgan fingerprint density at radius 3 is 2.14 bits per heavy atom. The lowest BCUT2D eigenvalue weighted by molar-refractivity contribution is -0.00185. The van der Waals surface area contributed by atoms with Crippen LogP contribution >= 0.6 is 0 Å². The van der Waals surface area contributed by atoms with Crippen molar-refractivity contribution in [3.8, 4) is 11.5 Å². The van der Waals surface area contributed by atoms with Crippen molar-refractivity contribution >= 4 is 0 Å². The lowest BCUT2D eigenvalue weighted by atomic mass is 9.77. The van der Waals surface area contributed by atoms with Crippen LogP contribution < -0.4 is 4.74 Å². The van der Waals surface area contributed by atoms with Crippen molar-refractivity contribution in [2.75, 3.05) is 6.61 Å². The zero-order valence-electron chi connectivity index (χ0n) is 21.0. The topological polar surface area (TPSA) is 18.5 Å². The summed E-state index contributed by atoms with van der Waals surface area (Å²) in [6.07, 6.45) is 10.8. The molecular weight excluding hydrogens is 449 g/mol. The molecule has 0 amide bonds. The maximum absolute atomic E-state index is 15.6. The SMILES string of the molecule is CCCC1CCC(c2ccc3c(c2F)Oc2c(cc(C4CCC(CCC)OC4)c(F)c2F)C3)CC1. The molecule has 0 aromatic heterocycles. The van der Waals surface area contributed by atoms with Crippen LogP contribution in [-0.2, 0) is 11.2 Å². The summed E-state index contributed by atoms with van der Waals surface area (Å²) < 4.78 is 57.7. The van der Waals surface area contributed by atoms with E-state index in [2.05, 4.69) is 13.8 Å². The van der Waals surface area contributed by atoms with Gasteiger partial charge in [-0.2, -0.15) is 4.39 Å². The molecule has 1 saturated heterocycles. The number of benzene rings is 2. The first kappa shape index (κ1) is 24.7. The largest absolute Gasteiger partial charge is 0.450 e. The van der Waals surface area contributed by atoms with Crippen molar-refractivity contribution in [3.05, 3.63) is 57.9 Å². The Labute approximate surface area is 207 Å². The zero-order chi connectivity index (χ0) is 24.5. The van der Waals surface area contributed by atoms with Gasteiger partial charge in [0.05, 0.1) is 12.7 Å². The second-order valence-corrected chi connectivity index (χ2v) is 10.8. The molecule has 2 unspecified atom stereocenters. The molecule has 2 atom stereocenters. The summed E-state index contributed by atoms with van der Waals surface area (Å²) in [7, 11) is 0. The summed E-state index contributed by atoms with van der Waals surface area (Å²) in [6.45, 7) is 4.73. The highest BCUT2D eigenvalue weighted by Crippen LogP contribution is 2.46. The van der Waals surface area contributed by atoms with E-state index in [9.17, 15) is 0 Å². The lowest BCUT2D eigenvalue weighted by Gasteiger charge is -2.31. The average molecular weight is 487 g/mol. The number of fused-ring (bicyclic) bond motifs is 2. The molecule has 1 aliphatic carbocycles. The Bertz CT molecular complexity index is 1050. The molecule has 0 bridgehead atoms. The molecule has 0 radical (unpaired) electrons. The van der Waals surface area contributed by atoms with Crippen LogP contribution in [-0.4, -0.2) is 12.7 Å². The summed E-state index contributed by atoms with van der Waals surface area (Å²) in [5.74, 6) is -1.68. The predicted molar refractivity (Wildman–Crippen MR) is 132 cm³/mol. The van der Waals surface area contributed by atoms with E-state index in [1.54, 1.807) is 6.07 Å². The number of hydrogen-bond donors (Lipinski definition) is 0. The highest BCUT2D eigenvalue weighted by molar-refractivity contribution is 5.54. The van der Waals surface area contributed by atoms with Gasteiger partial charge in [-0.25, -0.2) is 8.78 Å². The Kier molecular flexibility index (Phi) is 7.43. The van der Waals surface area contributed by atoms with E-state index in [1.165, 1.54) is 12.8 Å². The Balaban J connectivity index is 1.36. The monoisotopic (exact) mass is 486 g/mol. The number of ether oxygens (including phenoxy) is 2. The summed E-state index contributed by atoms with van der Waals surface area (Å²) >= 11 is 0. The molecule has 35 heavy (non-hydrogen) atoms. The lowest BCUT2D eigenvalue weighted by Crippen LogP contribution is -2.25. The predicted octanol–water partition coefficient (Wildman–Crippen LogP) is 8.94. The fourth-order valence-corrected chi connectivity index (χ4v) is 6.48. The van der Waals surface area contributed by atoms with E-state index in [0.29, 0.717) is 35.3 Å². The molecule has 2 aliphatic heterocycles. The van der Waals surface area contributed by atoms with Crippen LogP contribution in [0.1, 0.15) is 112 Å². The molecule has 2 fully saturated rings. The molecule has 2 aromatic carbocycles. The van der Waals surface area contributed by atoms with Gasteiger partial charge in [0.15, 0.2) is 23.1 Å². The van der Waals surface area contributed by atoms with Gasteiger partial charge in [0.1, 0.15) is 0 Å². The van der Waals surface area contributed by atoms with Gasteiger partial charge in [-0.15, -0.1) is 0 Å². The van der Waals surface area contributed by atoms with E-state index >= 15 is 13.2 Å². The summed E-state index contributed by atoms with van der Waals surface area (Å²) in [4.78, 5) is 0. The van der Waals surface area contributed by atoms with Gasteiger partial charge < -0.3 is 9.47 Å². The summed E-state index contributed by atoms with van der Waals surface area (Å²) in [6, 6.07) is 5.51. The third-order valence-corrected chi connectivity index (χ3v) is 8.46. The van der Waals surface area contributed by atoms with Crippen molar-refractivity contribution in [2.45, 2.75) is 102 Å². The second-order valence-electron chi connectivity index (χ2n) is 10.8. The standard InChI is InChI=1S/C30H37F3O2/c1-3-5-18-7-9-19(10-8-18)24-14-12-20-15-22-16-25(21-11-13-23(6-4-2)34-17-21)26(31)28(33)30(22)35-29(20)27(24)32/h12,14,16,18-19,21,23H,3-11,13,15,17H2,1-2H3. The van der Waals surface area contributed by atoms with Gasteiger partial charge in [-0.1, -0.05) is 45.2 Å². The van der Waals surface area contributed by atoms with Gasteiger partial charge in [0.25, 0.3) is 0 Å². The number of rotatable bonds is 6. The quantitative estimate of drug-likeness (QED) is 0.346. The molecule has 2 heterocycles. The number of hydrogen-bond acceptors (Lipinski definition) is 2. The van der Waals surface area contributed by atoms with Crippen LogP contribution in [0.4, 0.5) is 13.2 Å². The molecule has 3 aliphatic rings. The average Bonchev–Trinajstić information content (AvgIpc) is 2.87. The fourth-order valence-electron chi connectivity index (χ4n) is 6.48. The van der Waals surface area contributed by atoms with Crippen LogP contribution in [0.5, 0.6) is 11.5 Å². The van der Waals surface area contributed by atoms with E-state index in [1.807, 2.05) is 12.1 Å². The maximum Gasteiger partial charge on any atom is 0.201 e. The smallest absolute Gasteiger partial charge is 0.201 e. The molecule has 5 rings (SSSR count). The van der Waals surface area contributed by atoms with Crippen LogP contribution in [0.2, 0.25) is 0 Å². The van der Waals surface area contributed by atoms with E-state index in [-0.39, 0.29) is 29.4 Å². The van der Waals surface area contributed by atoms with E-state index < -0.39 is 17.5 Å². The van der Waals surface area contributed by atoms with E-state index in [4.69, 9.17) is 9.47 Å². The molecule has 0 spiro atoms. The highest BCUT2D eigenvalue weighted by atomic mass is 19.2. The van der Waals surface area contributed by atoms with Crippen molar-refractivity contribution < 1.29 is 22.6 Å². The first-order valence-corrected chi connectivity index (χ1v) is 13.6. The van der Waals surface area contributed by atoms with Gasteiger partial charge in [-0.05, 0) is 74.0 Å². The van der Waals surface area contributed by atoms with Crippen molar-refractivity contribution in [3.63, 3.8) is 0 Å². The third kappa shape index (κ3) is 4.85. The minimum absolute atomic E-state index is 0.0696. The molecule has 0 N–H and O–H groups in total. The van der Waals surface area contributed by atoms with Crippen molar-refractivity contribution in [2.24, 2.45) is 5.92 Å². The van der Waals surface area contributed by atoms with Crippen LogP contribution in [0.15, 0.2) is 18.2 Å². The van der Waals surface area contributed by atoms with Crippen LogP contribution in [0.25, 0.3) is 0 Å². The molecule has 2 aromatic rings. The van der Waals surface area contributed by atoms with Crippen molar-refractivity contribution in [1.29, 1.82) is 0 Å². The van der Waals surface area contributed by atoms with Crippen molar-refractivity contribution in [1.82, 2.24) is 0 Å². The fraction of sp³-hybridized carbons (Fsp3) is 0.600. The van der Waals surface area contributed by atoms with Gasteiger partial charge in [-0.3, -0.25) is 0 Å². The second kappa shape index (κ2) is 10.5. The summed E-state index contributed by atoms with van der Waals surface area (Å²) in [5.41, 5.74) is 2.28. The van der Waals surface area contributed by atoms with E-state index in [0.717, 1.165) is 57.3 Å². The minimum atomic E-state index is -1.01. The summed E-state index contributed by atoms with van der Waals surface area (Å²) in [5, 5.41) is 0. The number of halogens is 3. The minimum Gasteiger partial charge on any atom is -0.450 e. The van der Waals surface area contributed by atoms with Gasteiger partial charge in [0, 0.05) is 23.5 Å². The van der Waals surface area contributed by atoms with Gasteiger partial charge >= 0.3 is 0 Å². The Morgan fingerprint density at radius 2 is 1.46 bits per heavy atom.